The van der Waals surface area contributed by atoms with Crippen molar-refractivity contribution >= 4 is 22.6 Å². The molecule has 108 valence electrons. The Hall–Kier alpha value is -1.53. The van der Waals surface area contributed by atoms with Crippen molar-refractivity contribution in [2.75, 3.05) is 0 Å². The van der Waals surface area contributed by atoms with Gasteiger partial charge in [-0.1, -0.05) is 62.1 Å². The highest BCUT2D eigenvalue weighted by Gasteiger charge is 2.44. The van der Waals surface area contributed by atoms with Gasteiger partial charge in [0.25, 0.3) is 0 Å². The first-order chi connectivity index (χ1) is 10.6. The minimum absolute atomic E-state index is 0.144. The monoisotopic (exact) mass is 396 g/mol. The number of allylic oxidation sites excluding steroid dienone is 2. The molecule has 2 aromatic rings. The Morgan fingerprint density at radius 3 is 2.50 bits per heavy atom. The second-order valence-corrected chi connectivity index (χ2v) is 7.93. The molecule has 2 aliphatic carbocycles. The lowest BCUT2D eigenvalue weighted by Gasteiger charge is -2.28. The predicted octanol–water partition coefficient (Wildman–Crippen LogP) is 5.52. The van der Waals surface area contributed by atoms with Crippen molar-refractivity contribution in [3.8, 4) is 23.0 Å². The quantitative estimate of drug-likeness (QED) is 0.440. The van der Waals surface area contributed by atoms with E-state index in [0.29, 0.717) is 11.8 Å². The molecule has 0 heterocycles. The largest absolute Gasteiger partial charge is 0.0897 e. The van der Waals surface area contributed by atoms with Gasteiger partial charge < -0.3 is 0 Å². The van der Waals surface area contributed by atoms with Crippen LogP contribution in [0.5, 0.6) is 0 Å². The van der Waals surface area contributed by atoms with Crippen molar-refractivity contribution in [2.24, 2.45) is 5.92 Å². The normalized spacial score (nSPS) is 23.4. The Morgan fingerprint density at radius 1 is 1.00 bits per heavy atom. The van der Waals surface area contributed by atoms with Gasteiger partial charge in [0.2, 0.25) is 0 Å². The molecule has 2 atom stereocenters. The third-order valence-corrected chi connectivity index (χ3v) is 5.80. The van der Waals surface area contributed by atoms with Gasteiger partial charge in [0.1, 0.15) is 0 Å². The molecule has 0 N–H and O–H groups in total. The van der Waals surface area contributed by atoms with E-state index in [2.05, 4.69) is 96.8 Å². The summed E-state index contributed by atoms with van der Waals surface area (Å²) in [6, 6.07) is 15.7. The highest BCUT2D eigenvalue weighted by molar-refractivity contribution is 14.1. The Morgan fingerprint density at radius 2 is 1.73 bits per heavy atom. The van der Waals surface area contributed by atoms with Gasteiger partial charge in [-0.15, -0.1) is 0 Å². The topological polar surface area (TPSA) is 0 Å². The van der Waals surface area contributed by atoms with E-state index in [1.54, 1.807) is 0 Å². The van der Waals surface area contributed by atoms with Crippen LogP contribution >= 0.6 is 22.6 Å². The van der Waals surface area contributed by atoms with Gasteiger partial charge in [0.15, 0.2) is 0 Å². The lowest BCUT2D eigenvalue weighted by molar-refractivity contribution is 0.400. The van der Waals surface area contributed by atoms with Crippen LogP contribution in [0.4, 0.5) is 0 Å². The molecular formula is C21H17I. The van der Waals surface area contributed by atoms with E-state index < -0.39 is 0 Å². The fourth-order valence-electron chi connectivity index (χ4n) is 3.81. The fourth-order valence-corrected chi connectivity index (χ4v) is 4.17. The van der Waals surface area contributed by atoms with E-state index in [1.165, 1.54) is 25.8 Å². The molecule has 0 bridgehead atoms. The molecule has 0 nitrogen and oxygen atoms in total. The summed E-state index contributed by atoms with van der Waals surface area (Å²) < 4.78 is 1.27. The Labute approximate surface area is 145 Å². The van der Waals surface area contributed by atoms with Crippen LogP contribution in [0.3, 0.4) is 0 Å². The summed E-state index contributed by atoms with van der Waals surface area (Å²) in [7, 11) is 0. The molecule has 0 aromatic heterocycles. The molecule has 0 saturated carbocycles. The van der Waals surface area contributed by atoms with Gasteiger partial charge >= 0.3 is 0 Å². The third kappa shape index (κ3) is 2.05. The van der Waals surface area contributed by atoms with E-state index in [0.717, 1.165) is 0 Å². The van der Waals surface area contributed by atoms with Crippen molar-refractivity contribution in [1.82, 2.24) is 0 Å². The fraction of sp³-hybridized carbons (Fsp3) is 0.238. The lowest BCUT2D eigenvalue weighted by Crippen LogP contribution is -2.24. The number of hydrogen-bond donors (Lipinski definition) is 0. The molecule has 2 aromatic carbocycles. The van der Waals surface area contributed by atoms with Gasteiger partial charge in [0, 0.05) is 9.49 Å². The van der Waals surface area contributed by atoms with Gasteiger partial charge in [-0.25, -0.2) is 0 Å². The Balaban J connectivity index is 1.85. The molecular weight excluding hydrogens is 379 g/mol. The smallest absolute Gasteiger partial charge is 0.0529 e. The number of fused-ring (bicyclic) bond motifs is 3. The van der Waals surface area contributed by atoms with E-state index in [9.17, 15) is 0 Å². The van der Waals surface area contributed by atoms with E-state index >= 15 is 0 Å². The molecule has 0 saturated heterocycles. The van der Waals surface area contributed by atoms with Crippen LogP contribution in [0.1, 0.15) is 30.9 Å². The SMILES string of the molecule is CC1(C)c2cc(-c3ccc(I)cc3)ccc2C2C#CC=CC21. The summed E-state index contributed by atoms with van der Waals surface area (Å²) in [5.74, 6) is 7.44. The van der Waals surface area contributed by atoms with Crippen LogP contribution in [0, 0.1) is 21.3 Å². The van der Waals surface area contributed by atoms with Crippen LogP contribution in [-0.2, 0) is 5.41 Å². The van der Waals surface area contributed by atoms with Crippen molar-refractivity contribution in [1.29, 1.82) is 0 Å². The maximum Gasteiger partial charge on any atom is 0.0529 e. The van der Waals surface area contributed by atoms with Gasteiger partial charge in [-0.2, -0.15) is 0 Å². The molecule has 22 heavy (non-hydrogen) atoms. The number of benzene rings is 2. The Kier molecular flexibility index (Phi) is 3.20. The van der Waals surface area contributed by atoms with Crippen LogP contribution in [0.15, 0.2) is 54.6 Å². The van der Waals surface area contributed by atoms with Crippen LogP contribution < -0.4 is 0 Å². The summed E-state index contributed by atoms with van der Waals surface area (Å²) >= 11 is 2.35. The zero-order chi connectivity index (χ0) is 15.3. The summed E-state index contributed by atoms with van der Waals surface area (Å²) in [6.07, 6.45) is 4.32. The van der Waals surface area contributed by atoms with Crippen molar-refractivity contribution in [2.45, 2.75) is 25.2 Å². The first-order valence-electron chi connectivity index (χ1n) is 7.65. The van der Waals surface area contributed by atoms with Crippen molar-refractivity contribution < 1.29 is 0 Å². The number of halogens is 1. The molecule has 4 rings (SSSR count). The average molecular weight is 396 g/mol. The summed E-state index contributed by atoms with van der Waals surface area (Å²) in [5.41, 5.74) is 5.61. The zero-order valence-corrected chi connectivity index (χ0v) is 14.9. The standard InChI is InChI=1S/C21H17I/c1-21(2)19-6-4-3-5-17(19)18-12-9-15(13-20(18)21)14-7-10-16(22)11-8-14/h4,6-13,17,19H,1-2H3. The van der Waals surface area contributed by atoms with Crippen LogP contribution in [0.25, 0.3) is 11.1 Å². The lowest BCUT2D eigenvalue weighted by atomic mass is 9.75. The second kappa shape index (κ2) is 4.99. The highest BCUT2D eigenvalue weighted by Crippen LogP contribution is 2.52. The molecule has 0 amide bonds. The van der Waals surface area contributed by atoms with Crippen LogP contribution in [-0.4, -0.2) is 0 Å². The van der Waals surface area contributed by atoms with Gasteiger partial charge in [-0.05, 0) is 68.5 Å². The van der Waals surface area contributed by atoms with E-state index in [1.807, 2.05) is 6.08 Å². The highest BCUT2D eigenvalue weighted by atomic mass is 127. The zero-order valence-electron chi connectivity index (χ0n) is 12.7. The number of rotatable bonds is 1. The minimum atomic E-state index is 0.144. The van der Waals surface area contributed by atoms with Crippen LogP contribution in [0.2, 0.25) is 0 Å². The predicted molar refractivity (Wildman–Crippen MR) is 101 cm³/mol. The summed E-state index contributed by atoms with van der Waals surface area (Å²) in [6.45, 7) is 4.71. The van der Waals surface area contributed by atoms with E-state index in [-0.39, 0.29) is 5.41 Å². The first kappa shape index (κ1) is 14.1. The van der Waals surface area contributed by atoms with Crippen molar-refractivity contribution in [3.05, 3.63) is 69.3 Å². The second-order valence-electron chi connectivity index (χ2n) is 6.68. The average Bonchev–Trinajstić information content (AvgIpc) is 2.77. The maximum absolute atomic E-state index is 3.42. The maximum atomic E-state index is 3.42. The molecule has 0 aliphatic heterocycles. The molecule has 0 fully saturated rings. The summed E-state index contributed by atoms with van der Waals surface area (Å²) in [4.78, 5) is 0. The van der Waals surface area contributed by atoms with E-state index in [4.69, 9.17) is 0 Å². The summed E-state index contributed by atoms with van der Waals surface area (Å²) in [5, 5.41) is 0. The number of hydrogen-bond acceptors (Lipinski definition) is 0. The molecule has 0 spiro atoms. The van der Waals surface area contributed by atoms with Crippen molar-refractivity contribution in [3.63, 3.8) is 0 Å². The molecule has 2 aliphatic rings. The van der Waals surface area contributed by atoms with Gasteiger partial charge in [0.05, 0.1) is 5.92 Å². The third-order valence-electron chi connectivity index (χ3n) is 5.08. The molecule has 1 heteroatoms. The van der Waals surface area contributed by atoms with Gasteiger partial charge in [-0.3, -0.25) is 0 Å². The minimum Gasteiger partial charge on any atom is -0.0897 e. The Bertz CT molecular complexity index is 828. The molecule has 0 radical (unpaired) electrons. The first-order valence-corrected chi connectivity index (χ1v) is 8.73. The molecule has 2 unspecified atom stereocenters.